The van der Waals surface area contributed by atoms with Gasteiger partial charge in [-0.2, -0.15) is 0 Å². The Kier molecular flexibility index (Phi) is 5.19. The Morgan fingerprint density at radius 3 is 2.50 bits per heavy atom. The van der Waals surface area contributed by atoms with Crippen LogP contribution in [0.1, 0.15) is 61.3 Å². The van der Waals surface area contributed by atoms with Crippen LogP contribution in [0.15, 0.2) is 0 Å². The lowest BCUT2D eigenvalue weighted by molar-refractivity contribution is -0.120. The Hall–Kier alpha value is -1.30. The van der Waals surface area contributed by atoms with E-state index in [-0.39, 0.29) is 30.1 Å². The van der Waals surface area contributed by atoms with E-state index in [4.69, 9.17) is 9.47 Å². The van der Waals surface area contributed by atoms with E-state index in [0.717, 1.165) is 6.42 Å². The molecule has 0 bridgehead atoms. The van der Waals surface area contributed by atoms with Crippen molar-refractivity contribution in [3.05, 3.63) is 0 Å². The number of hydrogen-bond donors (Lipinski definition) is 1. The van der Waals surface area contributed by atoms with Crippen molar-refractivity contribution in [2.24, 2.45) is 11.8 Å². The van der Waals surface area contributed by atoms with E-state index < -0.39 is 11.3 Å². The molecule has 0 radical (unpaired) electrons. The van der Waals surface area contributed by atoms with Gasteiger partial charge in [-0.25, -0.2) is 4.79 Å². The molecule has 0 aliphatic carbocycles. The zero-order chi connectivity index (χ0) is 18.3. The van der Waals surface area contributed by atoms with Gasteiger partial charge in [-0.15, -0.1) is 0 Å². The number of carbonyl (C=O) groups excluding carboxylic acids is 2. The highest BCUT2D eigenvalue weighted by Gasteiger charge is 2.54. The molecular formula is C18H32N2O4. The average molecular weight is 340 g/mol. The first-order valence-electron chi connectivity index (χ1n) is 8.87. The van der Waals surface area contributed by atoms with E-state index in [2.05, 4.69) is 19.2 Å². The second kappa shape index (κ2) is 6.54. The third-order valence-corrected chi connectivity index (χ3v) is 4.49. The number of rotatable bonds is 3. The van der Waals surface area contributed by atoms with E-state index in [1.165, 1.54) is 0 Å². The van der Waals surface area contributed by atoms with Gasteiger partial charge in [0.05, 0.1) is 12.1 Å². The van der Waals surface area contributed by atoms with Crippen LogP contribution in [-0.2, 0) is 14.3 Å². The van der Waals surface area contributed by atoms with Gasteiger partial charge in [-0.1, -0.05) is 13.8 Å². The molecule has 0 aromatic heterocycles. The third-order valence-electron chi connectivity index (χ3n) is 4.49. The first-order valence-corrected chi connectivity index (χ1v) is 8.87. The number of amides is 2. The van der Waals surface area contributed by atoms with Crippen LogP contribution in [0.4, 0.5) is 4.79 Å². The highest BCUT2D eigenvalue weighted by Crippen LogP contribution is 2.40. The highest BCUT2D eigenvalue weighted by atomic mass is 16.6. The molecule has 1 N–H and O–H groups in total. The van der Waals surface area contributed by atoms with Crippen LogP contribution in [0.2, 0.25) is 0 Å². The minimum absolute atomic E-state index is 0.0559. The van der Waals surface area contributed by atoms with Crippen molar-refractivity contribution < 1.29 is 19.1 Å². The predicted molar refractivity (Wildman–Crippen MR) is 91.4 cm³/mol. The molecule has 2 fully saturated rings. The smallest absolute Gasteiger partial charge is 0.412 e. The fourth-order valence-electron chi connectivity index (χ4n) is 3.67. The number of nitrogens with zero attached hydrogens (tertiary/aromatic N) is 1. The molecule has 0 unspecified atom stereocenters. The van der Waals surface area contributed by atoms with Crippen molar-refractivity contribution in [1.29, 1.82) is 0 Å². The van der Waals surface area contributed by atoms with E-state index in [0.29, 0.717) is 18.9 Å². The van der Waals surface area contributed by atoms with Crippen molar-refractivity contribution in [3.8, 4) is 0 Å². The summed E-state index contributed by atoms with van der Waals surface area (Å²) in [6, 6.07) is -0.0902. The second-order valence-electron chi connectivity index (χ2n) is 8.84. The quantitative estimate of drug-likeness (QED) is 0.858. The average Bonchev–Trinajstić information content (AvgIpc) is 2.88. The molecule has 0 aromatic rings. The van der Waals surface area contributed by atoms with Gasteiger partial charge < -0.3 is 14.8 Å². The van der Waals surface area contributed by atoms with E-state index in [1.807, 2.05) is 34.6 Å². The molecular weight excluding hydrogens is 308 g/mol. The highest BCUT2D eigenvalue weighted by molar-refractivity contribution is 5.78. The summed E-state index contributed by atoms with van der Waals surface area (Å²) < 4.78 is 11.9. The number of hydrogen-bond acceptors (Lipinski definition) is 4. The van der Waals surface area contributed by atoms with Gasteiger partial charge >= 0.3 is 6.09 Å². The molecule has 2 saturated heterocycles. The Balaban J connectivity index is 2.28. The summed E-state index contributed by atoms with van der Waals surface area (Å²) >= 11 is 0. The van der Waals surface area contributed by atoms with Gasteiger partial charge in [-0.05, 0) is 47.0 Å². The van der Waals surface area contributed by atoms with Crippen LogP contribution in [0.25, 0.3) is 0 Å². The van der Waals surface area contributed by atoms with Crippen molar-refractivity contribution in [2.45, 2.75) is 84.8 Å². The minimum atomic E-state index is -0.752. The van der Waals surface area contributed by atoms with Crippen molar-refractivity contribution in [2.75, 3.05) is 6.54 Å². The molecule has 2 aliphatic rings. The Labute approximate surface area is 145 Å². The Morgan fingerprint density at radius 1 is 1.42 bits per heavy atom. The Morgan fingerprint density at radius 2 is 2.04 bits per heavy atom. The van der Waals surface area contributed by atoms with Crippen molar-refractivity contribution in [3.63, 3.8) is 0 Å². The van der Waals surface area contributed by atoms with Gasteiger partial charge in [0.1, 0.15) is 11.3 Å². The standard InChI is InChI=1S/C18H32N2O4/c1-11(2)8-13-15(12-9-14(21)19-10-12)23-18(6,7)20(13)16(22)24-17(3,4)5/h11-13,15H,8-10H2,1-7H3,(H,19,21)/t12-,13-,15-/m0/s1. The maximum absolute atomic E-state index is 12.8. The fourth-order valence-corrected chi connectivity index (χ4v) is 3.67. The van der Waals surface area contributed by atoms with Crippen molar-refractivity contribution in [1.82, 2.24) is 10.2 Å². The van der Waals surface area contributed by atoms with E-state index in [1.54, 1.807) is 4.90 Å². The molecule has 3 atom stereocenters. The summed E-state index contributed by atoms with van der Waals surface area (Å²) in [5, 5.41) is 2.88. The summed E-state index contributed by atoms with van der Waals surface area (Å²) in [6.45, 7) is 14.3. The van der Waals surface area contributed by atoms with Crippen LogP contribution < -0.4 is 5.32 Å². The number of carbonyl (C=O) groups is 2. The van der Waals surface area contributed by atoms with Gasteiger partial charge in [0.25, 0.3) is 0 Å². The topological polar surface area (TPSA) is 67.9 Å². The molecule has 2 amide bonds. The van der Waals surface area contributed by atoms with Gasteiger partial charge in [0.2, 0.25) is 5.91 Å². The second-order valence-corrected chi connectivity index (χ2v) is 8.84. The molecule has 6 heteroatoms. The summed E-state index contributed by atoms with van der Waals surface area (Å²) in [5.74, 6) is 0.554. The lowest BCUT2D eigenvalue weighted by atomic mass is 9.90. The van der Waals surface area contributed by atoms with Crippen LogP contribution in [0, 0.1) is 11.8 Å². The van der Waals surface area contributed by atoms with Gasteiger partial charge in [0, 0.05) is 18.9 Å². The zero-order valence-electron chi connectivity index (χ0n) is 16.0. The van der Waals surface area contributed by atoms with Crippen LogP contribution >= 0.6 is 0 Å². The Bertz CT molecular complexity index is 496. The lowest BCUT2D eigenvalue weighted by Crippen LogP contribution is -2.51. The summed E-state index contributed by atoms with van der Waals surface area (Å²) in [5.41, 5.74) is -1.31. The van der Waals surface area contributed by atoms with Gasteiger partial charge in [0.15, 0.2) is 0 Å². The minimum Gasteiger partial charge on any atom is -0.444 e. The molecule has 2 heterocycles. The molecule has 0 aromatic carbocycles. The largest absolute Gasteiger partial charge is 0.444 e. The van der Waals surface area contributed by atoms with Crippen LogP contribution in [0.5, 0.6) is 0 Å². The molecule has 2 rings (SSSR count). The first-order chi connectivity index (χ1) is 10.9. The molecule has 6 nitrogen and oxygen atoms in total. The first kappa shape index (κ1) is 19.0. The normalized spacial score (nSPS) is 29.9. The molecule has 24 heavy (non-hydrogen) atoms. The molecule has 138 valence electrons. The predicted octanol–water partition coefficient (Wildman–Crippen LogP) is 2.91. The van der Waals surface area contributed by atoms with E-state index in [9.17, 15) is 9.59 Å². The summed E-state index contributed by atoms with van der Waals surface area (Å²) in [7, 11) is 0. The van der Waals surface area contributed by atoms with Crippen LogP contribution in [0.3, 0.4) is 0 Å². The maximum Gasteiger partial charge on any atom is 0.412 e. The van der Waals surface area contributed by atoms with E-state index >= 15 is 0 Å². The summed E-state index contributed by atoms with van der Waals surface area (Å²) in [6.07, 6.45) is 0.766. The summed E-state index contributed by atoms with van der Waals surface area (Å²) in [4.78, 5) is 26.2. The SMILES string of the molecule is CC(C)C[C@H]1[C@H]([C@@H]2CNC(=O)C2)OC(C)(C)N1C(=O)OC(C)(C)C. The molecule has 0 saturated carbocycles. The monoisotopic (exact) mass is 340 g/mol. The maximum atomic E-state index is 12.8. The van der Waals surface area contributed by atoms with Crippen LogP contribution in [-0.4, -0.2) is 46.9 Å². The third kappa shape index (κ3) is 4.21. The fraction of sp³-hybridized carbons (Fsp3) is 0.889. The van der Waals surface area contributed by atoms with Crippen molar-refractivity contribution >= 4 is 12.0 Å². The van der Waals surface area contributed by atoms with Gasteiger partial charge in [-0.3, -0.25) is 9.69 Å². The molecule has 2 aliphatic heterocycles. The number of nitrogens with one attached hydrogen (secondary N) is 1. The lowest BCUT2D eigenvalue weighted by Gasteiger charge is -2.36. The molecule has 0 spiro atoms. The zero-order valence-corrected chi connectivity index (χ0v) is 16.0. The number of ether oxygens (including phenoxy) is 2.